The van der Waals surface area contributed by atoms with E-state index in [4.69, 9.17) is 9.84 Å². The molecule has 110 valence electrons. The minimum atomic E-state index is -3.05. The van der Waals surface area contributed by atoms with Crippen molar-refractivity contribution in [3.63, 3.8) is 0 Å². The van der Waals surface area contributed by atoms with Crippen molar-refractivity contribution >= 4 is 21.8 Å². The van der Waals surface area contributed by atoms with Gasteiger partial charge in [0.25, 0.3) is 0 Å². The van der Waals surface area contributed by atoms with Crippen molar-refractivity contribution in [1.82, 2.24) is 10.6 Å². The number of hydrogen-bond acceptors (Lipinski definition) is 5. The highest BCUT2D eigenvalue weighted by atomic mass is 32.2. The molecule has 1 fully saturated rings. The molecule has 0 saturated carbocycles. The maximum absolute atomic E-state index is 11.4. The zero-order valence-corrected chi connectivity index (χ0v) is 11.2. The van der Waals surface area contributed by atoms with Crippen molar-refractivity contribution in [2.24, 2.45) is 0 Å². The first kappa shape index (κ1) is 15.7. The van der Waals surface area contributed by atoms with E-state index in [-0.39, 0.29) is 30.7 Å². The number of amides is 2. The molecule has 1 heterocycles. The molecule has 9 heteroatoms. The molecule has 0 aliphatic carbocycles. The third kappa shape index (κ3) is 6.97. The second-order valence-electron chi connectivity index (χ2n) is 4.30. The van der Waals surface area contributed by atoms with Crippen LogP contribution in [0.15, 0.2) is 0 Å². The Morgan fingerprint density at radius 3 is 2.74 bits per heavy atom. The fourth-order valence-electron chi connectivity index (χ4n) is 1.77. The first-order valence-corrected chi connectivity index (χ1v) is 7.75. The maximum Gasteiger partial charge on any atom is 0.329 e. The summed E-state index contributed by atoms with van der Waals surface area (Å²) in [6.45, 7) is -0.161. The number of rotatable bonds is 6. The summed E-state index contributed by atoms with van der Waals surface area (Å²) < 4.78 is 27.4. The molecule has 0 aromatic heterocycles. The van der Waals surface area contributed by atoms with Crippen molar-refractivity contribution in [2.75, 3.05) is 31.3 Å². The third-order valence-electron chi connectivity index (χ3n) is 2.56. The molecule has 1 unspecified atom stereocenters. The lowest BCUT2D eigenvalue weighted by Gasteiger charge is -2.23. The predicted molar refractivity (Wildman–Crippen MR) is 66.7 cm³/mol. The standard InChI is InChI=1S/C10H18N2O6S/c13-9(14)6-18-4-3-11-10(15)12-8-2-1-5-19(16,17)7-8/h8H,1-7H2,(H,13,14)(H2,11,12,15). The van der Waals surface area contributed by atoms with Gasteiger partial charge < -0.3 is 20.5 Å². The van der Waals surface area contributed by atoms with Gasteiger partial charge in [-0.05, 0) is 12.8 Å². The Hall–Kier alpha value is -1.35. The summed E-state index contributed by atoms with van der Waals surface area (Å²) in [4.78, 5) is 21.6. The van der Waals surface area contributed by atoms with E-state index in [1.807, 2.05) is 0 Å². The average Bonchev–Trinajstić information content (AvgIpc) is 2.26. The van der Waals surface area contributed by atoms with E-state index in [2.05, 4.69) is 10.6 Å². The predicted octanol–water partition coefficient (Wildman–Crippen LogP) is -1.04. The quantitative estimate of drug-likeness (QED) is 0.538. The van der Waals surface area contributed by atoms with Crippen molar-refractivity contribution in [3.8, 4) is 0 Å². The number of carbonyl (C=O) groups excluding carboxylic acids is 1. The van der Waals surface area contributed by atoms with Gasteiger partial charge in [0.05, 0.1) is 18.1 Å². The number of carboxylic acids is 1. The molecule has 2 amide bonds. The fourth-order valence-corrected chi connectivity index (χ4v) is 3.41. The van der Waals surface area contributed by atoms with Crippen LogP contribution in [0.3, 0.4) is 0 Å². The lowest BCUT2D eigenvalue weighted by Crippen LogP contribution is -2.47. The van der Waals surface area contributed by atoms with Crippen molar-refractivity contribution in [1.29, 1.82) is 0 Å². The second-order valence-corrected chi connectivity index (χ2v) is 6.53. The Kier molecular flexibility index (Phi) is 6.03. The summed E-state index contributed by atoms with van der Waals surface area (Å²) in [6, 6.07) is -0.834. The van der Waals surface area contributed by atoms with Gasteiger partial charge in [-0.1, -0.05) is 0 Å². The molecular formula is C10H18N2O6S. The molecule has 1 saturated heterocycles. The first-order valence-electron chi connectivity index (χ1n) is 5.93. The van der Waals surface area contributed by atoms with Crippen LogP contribution >= 0.6 is 0 Å². The SMILES string of the molecule is O=C(O)COCCNC(=O)NC1CCCS(=O)(=O)C1. The van der Waals surface area contributed by atoms with Gasteiger partial charge in [-0.15, -0.1) is 0 Å². The summed E-state index contributed by atoms with van der Waals surface area (Å²) >= 11 is 0. The van der Waals surface area contributed by atoms with Crippen LogP contribution in [0.1, 0.15) is 12.8 Å². The normalized spacial score (nSPS) is 21.6. The Morgan fingerprint density at radius 2 is 2.11 bits per heavy atom. The molecule has 3 N–H and O–H groups in total. The average molecular weight is 294 g/mol. The number of hydrogen-bond donors (Lipinski definition) is 3. The largest absolute Gasteiger partial charge is 0.480 e. The third-order valence-corrected chi connectivity index (χ3v) is 4.38. The summed E-state index contributed by atoms with van der Waals surface area (Å²) in [5.41, 5.74) is 0. The summed E-state index contributed by atoms with van der Waals surface area (Å²) in [5.74, 6) is -0.928. The lowest BCUT2D eigenvalue weighted by molar-refractivity contribution is -0.142. The van der Waals surface area contributed by atoms with Crippen LogP contribution in [0.4, 0.5) is 4.79 Å². The first-order chi connectivity index (χ1) is 8.89. The van der Waals surface area contributed by atoms with Crippen LogP contribution in [0.25, 0.3) is 0 Å². The van der Waals surface area contributed by atoms with Crippen molar-refractivity contribution in [3.05, 3.63) is 0 Å². The number of carboxylic acid groups (broad SMARTS) is 1. The Bertz CT molecular complexity index is 422. The van der Waals surface area contributed by atoms with Crippen LogP contribution in [0.5, 0.6) is 0 Å². The highest BCUT2D eigenvalue weighted by Gasteiger charge is 2.25. The number of urea groups is 1. The number of nitrogens with one attached hydrogen (secondary N) is 2. The van der Waals surface area contributed by atoms with E-state index in [1.54, 1.807) is 0 Å². The van der Waals surface area contributed by atoms with Gasteiger partial charge in [-0.2, -0.15) is 0 Å². The van der Waals surface area contributed by atoms with E-state index in [9.17, 15) is 18.0 Å². The molecule has 19 heavy (non-hydrogen) atoms. The molecule has 0 spiro atoms. The van der Waals surface area contributed by atoms with Crippen molar-refractivity contribution < 1.29 is 27.9 Å². The van der Waals surface area contributed by atoms with Crippen LogP contribution < -0.4 is 10.6 Å². The van der Waals surface area contributed by atoms with E-state index < -0.39 is 28.4 Å². The van der Waals surface area contributed by atoms with Gasteiger partial charge >= 0.3 is 12.0 Å². The summed E-state index contributed by atoms with van der Waals surface area (Å²) in [6.07, 6.45) is 1.19. The van der Waals surface area contributed by atoms with Gasteiger partial charge in [-0.3, -0.25) is 0 Å². The molecule has 1 aliphatic rings. The molecule has 8 nitrogen and oxygen atoms in total. The van der Waals surface area contributed by atoms with Gasteiger partial charge in [0.2, 0.25) is 0 Å². The number of carbonyl (C=O) groups is 2. The fraction of sp³-hybridized carbons (Fsp3) is 0.800. The Labute approximate surface area is 111 Å². The molecule has 1 aliphatic heterocycles. The number of ether oxygens (including phenoxy) is 1. The Balaban J connectivity index is 2.15. The van der Waals surface area contributed by atoms with Crippen LogP contribution in [-0.4, -0.2) is 62.8 Å². The molecular weight excluding hydrogens is 276 g/mol. The van der Waals surface area contributed by atoms with Crippen molar-refractivity contribution in [2.45, 2.75) is 18.9 Å². The van der Waals surface area contributed by atoms with Gasteiger partial charge in [0, 0.05) is 12.6 Å². The second kappa shape index (κ2) is 7.29. The minimum Gasteiger partial charge on any atom is -0.480 e. The number of sulfone groups is 1. The highest BCUT2D eigenvalue weighted by Crippen LogP contribution is 2.11. The topological polar surface area (TPSA) is 122 Å². The van der Waals surface area contributed by atoms with Gasteiger partial charge in [-0.25, -0.2) is 18.0 Å². The number of aliphatic carboxylic acids is 1. The Morgan fingerprint density at radius 1 is 1.37 bits per heavy atom. The summed E-state index contributed by atoms with van der Waals surface area (Å²) in [5, 5.41) is 13.3. The van der Waals surface area contributed by atoms with E-state index in [0.29, 0.717) is 12.8 Å². The van der Waals surface area contributed by atoms with E-state index in [0.717, 1.165) is 0 Å². The molecule has 0 aromatic rings. The molecule has 1 atom stereocenters. The van der Waals surface area contributed by atoms with E-state index in [1.165, 1.54) is 0 Å². The molecule has 0 radical (unpaired) electrons. The molecule has 0 aromatic carbocycles. The zero-order chi connectivity index (χ0) is 14.3. The van der Waals surface area contributed by atoms with Gasteiger partial charge in [0.1, 0.15) is 6.61 Å². The maximum atomic E-state index is 11.4. The minimum absolute atomic E-state index is 0.0318. The van der Waals surface area contributed by atoms with Crippen LogP contribution in [-0.2, 0) is 19.4 Å². The highest BCUT2D eigenvalue weighted by molar-refractivity contribution is 7.91. The van der Waals surface area contributed by atoms with Crippen LogP contribution in [0.2, 0.25) is 0 Å². The zero-order valence-electron chi connectivity index (χ0n) is 10.4. The monoisotopic (exact) mass is 294 g/mol. The van der Waals surface area contributed by atoms with Gasteiger partial charge in [0.15, 0.2) is 9.84 Å². The molecule has 0 bridgehead atoms. The molecule has 1 rings (SSSR count). The summed E-state index contributed by atoms with van der Waals surface area (Å²) in [7, 11) is -3.05. The van der Waals surface area contributed by atoms with E-state index >= 15 is 0 Å². The lowest BCUT2D eigenvalue weighted by atomic mass is 10.2. The van der Waals surface area contributed by atoms with Crippen LogP contribution in [0, 0.1) is 0 Å². The smallest absolute Gasteiger partial charge is 0.329 e.